The first-order valence-electron chi connectivity index (χ1n) is 16.6. The number of phenolic OH excluding ortho intramolecular Hbond substituents is 2. The van der Waals surface area contributed by atoms with Gasteiger partial charge < -0.3 is 10.2 Å². The van der Waals surface area contributed by atoms with E-state index in [2.05, 4.69) is 18.7 Å². The van der Waals surface area contributed by atoms with Gasteiger partial charge in [0.15, 0.2) is 11.6 Å². The third-order valence-electron chi connectivity index (χ3n) is 9.39. The summed E-state index contributed by atoms with van der Waals surface area (Å²) in [4.78, 5) is 26.2. The van der Waals surface area contributed by atoms with Crippen LogP contribution in [0.1, 0.15) is 43.0 Å². The van der Waals surface area contributed by atoms with Crippen LogP contribution >= 0.6 is 24.1 Å². The molecule has 6 rings (SSSR count). The van der Waals surface area contributed by atoms with Gasteiger partial charge in [0, 0.05) is 26.3 Å². The molecule has 0 aliphatic rings. The molecule has 6 N–H and O–H groups in total. The molecule has 0 aliphatic carbocycles. The van der Waals surface area contributed by atoms with Crippen molar-refractivity contribution in [3.63, 3.8) is 0 Å². The zero-order valence-corrected chi connectivity index (χ0v) is 33.7. The Morgan fingerprint density at radius 3 is 1.54 bits per heavy atom. The van der Waals surface area contributed by atoms with Crippen LogP contribution in [0.25, 0.3) is 21.5 Å². The molecular formula is C37H22F6O16S4. The first kappa shape index (κ1) is 47.1. The van der Waals surface area contributed by atoms with Crippen LogP contribution in [0.5, 0.6) is 11.5 Å². The predicted octanol–water partition coefficient (Wildman–Crippen LogP) is 8.63. The van der Waals surface area contributed by atoms with Crippen molar-refractivity contribution < 1.29 is 101 Å². The van der Waals surface area contributed by atoms with Crippen molar-refractivity contribution in [3.05, 3.63) is 130 Å². The standard InChI is InChI=1S/C37H22F6O16S4/c38-36(39,40)35(37(41,42)43,21-1-7-29(44)27(15-21)33(46)19-10-18-12-24(62(50,51)52)4-6-25(18)31(13-19)61-59-57-49)22-2-8-30(45)28(16-22)34(47)20-9-17-11-23(60-58-56-48)3-5-26(17)32(14-20)63(53,54)55/h1-16,44-45,48-49H,(H,50,51,52)(H,53,54,55). The summed E-state index contributed by atoms with van der Waals surface area (Å²) in [6.07, 6.45) is -12.8. The van der Waals surface area contributed by atoms with E-state index in [-0.39, 0.29) is 67.6 Å². The molecule has 0 aliphatic heterocycles. The van der Waals surface area contributed by atoms with Crippen LogP contribution in [0.2, 0.25) is 0 Å². The van der Waals surface area contributed by atoms with Crippen LogP contribution in [0, 0.1) is 0 Å². The number of rotatable bonds is 14. The molecule has 0 aromatic heterocycles. The topological polar surface area (TPSA) is 261 Å². The van der Waals surface area contributed by atoms with E-state index in [0.717, 1.165) is 48.5 Å². The van der Waals surface area contributed by atoms with Crippen LogP contribution in [0.4, 0.5) is 26.3 Å². The highest BCUT2D eigenvalue weighted by Crippen LogP contribution is 2.57. The van der Waals surface area contributed by atoms with Crippen LogP contribution in [-0.2, 0) is 44.4 Å². The molecule has 0 amide bonds. The third-order valence-corrected chi connectivity index (χ3v) is 12.4. The largest absolute Gasteiger partial charge is 0.507 e. The van der Waals surface area contributed by atoms with Crippen molar-refractivity contribution in [1.82, 2.24) is 0 Å². The average molecular weight is 965 g/mol. The zero-order valence-electron chi connectivity index (χ0n) is 30.4. The maximum atomic E-state index is 15.5. The Labute approximate surface area is 356 Å². The molecule has 6 aromatic carbocycles. The number of hydrogen-bond acceptors (Lipinski definition) is 16. The van der Waals surface area contributed by atoms with Gasteiger partial charge in [0.05, 0.1) is 40.1 Å². The zero-order chi connectivity index (χ0) is 46.4. The minimum atomic E-state index is -6.41. The Balaban J connectivity index is 1.55. The predicted molar refractivity (Wildman–Crippen MR) is 205 cm³/mol. The highest BCUT2D eigenvalue weighted by molar-refractivity contribution is 7.95. The van der Waals surface area contributed by atoms with Crippen LogP contribution < -0.4 is 0 Å². The highest BCUT2D eigenvalue weighted by Gasteiger charge is 2.72. The first-order chi connectivity index (χ1) is 29.3. The molecule has 0 saturated carbocycles. The summed E-state index contributed by atoms with van der Waals surface area (Å²) in [5.74, 6) is -5.34. The maximum absolute atomic E-state index is 15.5. The minimum absolute atomic E-state index is 0.0336. The normalized spacial score (nSPS) is 12.9. The number of ketones is 2. The number of carbonyl (C=O) groups is 2. The third kappa shape index (κ3) is 9.06. The van der Waals surface area contributed by atoms with Gasteiger partial charge in [-0.2, -0.15) is 43.2 Å². The fourth-order valence-electron chi connectivity index (χ4n) is 6.68. The molecule has 0 saturated heterocycles. The lowest BCUT2D eigenvalue weighted by molar-refractivity contribution is -0.432. The fourth-order valence-corrected chi connectivity index (χ4v) is 8.90. The first-order valence-corrected chi connectivity index (χ1v) is 21.0. The number of aromatic hydroxyl groups is 2. The summed E-state index contributed by atoms with van der Waals surface area (Å²) < 4.78 is 169. The summed E-state index contributed by atoms with van der Waals surface area (Å²) in [5, 5.41) is 45.1. The van der Waals surface area contributed by atoms with Crippen molar-refractivity contribution in [1.29, 1.82) is 0 Å². The fraction of sp³-hybridized carbons (Fsp3) is 0.0811. The smallest absolute Gasteiger partial charge is 0.411 e. The molecule has 16 nitrogen and oxygen atoms in total. The molecule has 26 heteroatoms. The molecular weight excluding hydrogens is 943 g/mol. The number of phenols is 2. The molecule has 0 fully saturated rings. The minimum Gasteiger partial charge on any atom is -0.507 e. The van der Waals surface area contributed by atoms with Gasteiger partial charge in [0.1, 0.15) is 16.4 Å². The Kier molecular flexibility index (Phi) is 13.0. The molecule has 0 atom stereocenters. The molecule has 0 radical (unpaired) electrons. The van der Waals surface area contributed by atoms with E-state index < -0.39 is 104 Å². The molecule has 0 heterocycles. The van der Waals surface area contributed by atoms with E-state index in [1.54, 1.807) is 0 Å². The van der Waals surface area contributed by atoms with E-state index in [9.17, 15) is 45.7 Å². The second-order valence-corrected chi connectivity index (χ2v) is 17.3. The van der Waals surface area contributed by atoms with Gasteiger partial charge in [-0.25, -0.2) is 10.5 Å². The van der Waals surface area contributed by atoms with Crippen molar-refractivity contribution >= 4 is 77.4 Å². The summed E-state index contributed by atoms with van der Waals surface area (Å²) >= 11 is 0.579. The molecule has 0 bridgehead atoms. The van der Waals surface area contributed by atoms with Crippen molar-refractivity contribution in [2.45, 2.75) is 37.3 Å². The number of benzene rings is 6. The van der Waals surface area contributed by atoms with Gasteiger partial charge >= 0.3 is 12.4 Å². The number of alkyl halides is 6. The second-order valence-electron chi connectivity index (χ2n) is 13.0. The molecule has 63 heavy (non-hydrogen) atoms. The maximum Gasteiger partial charge on any atom is 0.411 e. The van der Waals surface area contributed by atoms with Gasteiger partial charge in [0.2, 0.25) is 5.41 Å². The molecule has 332 valence electrons. The number of carbonyl (C=O) groups excluding carboxylic acids is 2. The van der Waals surface area contributed by atoms with Crippen LogP contribution in [-0.4, -0.2) is 70.6 Å². The van der Waals surface area contributed by atoms with Crippen LogP contribution in [0.3, 0.4) is 0 Å². The van der Waals surface area contributed by atoms with Gasteiger partial charge in [0.25, 0.3) is 20.2 Å². The van der Waals surface area contributed by atoms with E-state index in [1.165, 1.54) is 6.07 Å². The molecule has 0 unspecified atom stereocenters. The Morgan fingerprint density at radius 2 is 1.05 bits per heavy atom. The van der Waals surface area contributed by atoms with Crippen molar-refractivity contribution in [2.24, 2.45) is 0 Å². The van der Waals surface area contributed by atoms with Crippen molar-refractivity contribution in [2.75, 3.05) is 0 Å². The van der Waals surface area contributed by atoms with Gasteiger partial charge in [-0.3, -0.25) is 18.7 Å². The summed E-state index contributed by atoms with van der Waals surface area (Å²) in [6, 6.07) is 10.8. The SMILES string of the molecule is O=C(c1cc(SOOO)c2ccc(S(=O)(=O)O)cc2c1)c1cc(C(c2ccc(O)c(C(=O)c3cc(S(=O)(=O)O)c4ccc(SOOO)cc4c3)c2)(C(F)(F)F)C(F)(F)F)ccc1O. The monoisotopic (exact) mass is 964 g/mol. The van der Waals surface area contributed by atoms with E-state index in [4.69, 9.17) is 10.5 Å². The highest BCUT2D eigenvalue weighted by atomic mass is 32.2. The van der Waals surface area contributed by atoms with Gasteiger partial charge in [-0.05, 0) is 100 Å². The van der Waals surface area contributed by atoms with Crippen molar-refractivity contribution in [3.8, 4) is 11.5 Å². The van der Waals surface area contributed by atoms with Gasteiger partial charge in [-0.1, -0.05) is 34.3 Å². The quantitative estimate of drug-likeness (QED) is 0.0149. The van der Waals surface area contributed by atoms with E-state index >= 15 is 26.3 Å². The molecule has 0 spiro atoms. The Morgan fingerprint density at radius 1 is 0.556 bits per heavy atom. The summed E-state index contributed by atoms with van der Waals surface area (Å²) in [5.41, 5.74) is -12.5. The Hall–Kier alpha value is -5.36. The lowest BCUT2D eigenvalue weighted by Gasteiger charge is -2.38. The lowest BCUT2D eigenvalue weighted by Crippen LogP contribution is -2.54. The number of halogens is 6. The van der Waals surface area contributed by atoms with E-state index in [0.29, 0.717) is 30.2 Å². The number of fused-ring (bicyclic) bond motifs is 2. The number of hydrogen-bond donors (Lipinski definition) is 6. The van der Waals surface area contributed by atoms with E-state index in [1.807, 2.05) is 0 Å². The Bertz CT molecular complexity index is 3040. The average Bonchev–Trinajstić information content (AvgIpc) is 3.20. The lowest BCUT2D eigenvalue weighted by atomic mass is 9.71. The van der Waals surface area contributed by atoms with Gasteiger partial charge in [-0.15, -0.1) is 8.67 Å². The van der Waals surface area contributed by atoms with Crippen LogP contribution in [0.15, 0.2) is 117 Å². The summed E-state index contributed by atoms with van der Waals surface area (Å²) in [6.45, 7) is 0. The molecule has 6 aromatic rings. The second kappa shape index (κ2) is 17.3. The summed E-state index contributed by atoms with van der Waals surface area (Å²) in [7, 11) is -10.1.